The van der Waals surface area contributed by atoms with Crippen molar-refractivity contribution in [1.82, 2.24) is 15.0 Å². The molecule has 3 aromatic rings. The number of amides is 1. The van der Waals surface area contributed by atoms with Crippen molar-refractivity contribution in [2.24, 2.45) is 5.92 Å². The van der Waals surface area contributed by atoms with Crippen LogP contribution in [0.3, 0.4) is 0 Å². The van der Waals surface area contributed by atoms with Crippen LogP contribution < -0.4 is 5.32 Å². The highest BCUT2D eigenvalue weighted by atomic mass is 32.1. The molecule has 0 radical (unpaired) electrons. The lowest BCUT2D eigenvalue weighted by Gasteiger charge is -2.33. The summed E-state index contributed by atoms with van der Waals surface area (Å²) >= 11 is 1.46. The van der Waals surface area contributed by atoms with Crippen LogP contribution in [-0.4, -0.2) is 50.9 Å². The Morgan fingerprint density at radius 2 is 2.00 bits per heavy atom. The van der Waals surface area contributed by atoms with E-state index in [-0.39, 0.29) is 30.1 Å². The van der Waals surface area contributed by atoms with Crippen molar-refractivity contribution in [3.63, 3.8) is 0 Å². The maximum absolute atomic E-state index is 12.5. The Labute approximate surface area is 196 Å². The highest BCUT2D eigenvalue weighted by Gasteiger charge is 2.35. The van der Waals surface area contributed by atoms with Crippen molar-refractivity contribution in [1.29, 1.82) is 0 Å². The number of carbonyl (C=O) groups is 1. The Morgan fingerprint density at radius 3 is 2.73 bits per heavy atom. The Morgan fingerprint density at radius 1 is 1.18 bits per heavy atom. The van der Waals surface area contributed by atoms with E-state index in [9.17, 15) is 9.90 Å². The molecule has 2 heterocycles. The van der Waals surface area contributed by atoms with E-state index < -0.39 is 0 Å². The molecule has 2 N–H and O–H groups in total. The van der Waals surface area contributed by atoms with Crippen molar-refractivity contribution >= 4 is 32.6 Å². The van der Waals surface area contributed by atoms with Gasteiger partial charge in [-0.1, -0.05) is 17.4 Å². The number of rotatable bonds is 8. The summed E-state index contributed by atoms with van der Waals surface area (Å²) in [6, 6.07) is 5.97. The quantitative estimate of drug-likeness (QED) is 0.516. The van der Waals surface area contributed by atoms with E-state index in [0.717, 1.165) is 53.4 Å². The second kappa shape index (κ2) is 9.80. The second-order valence-corrected chi connectivity index (χ2v) is 9.70. The molecule has 33 heavy (non-hydrogen) atoms. The van der Waals surface area contributed by atoms with Gasteiger partial charge < -0.3 is 19.9 Å². The standard InChI is InChI=1S/C24H28N4O4S/c1-2-31-17-8-15(9-17)23(30)28-24-27-18-7-6-14(10-21(18)33-24)16-11-25-22(26-12-16)13-32-20-5-3-4-19(20)29/h6-7,10-12,15,17,19-20,29H,2-5,8-9,13H2,1H3,(H,27,28,30)/t15?,17?,19-,20-/m0/s1. The van der Waals surface area contributed by atoms with Crippen LogP contribution in [0, 0.1) is 5.92 Å². The first-order chi connectivity index (χ1) is 16.1. The number of ether oxygens (including phenoxy) is 2. The molecule has 0 bridgehead atoms. The smallest absolute Gasteiger partial charge is 0.229 e. The molecule has 9 heteroatoms. The molecule has 2 fully saturated rings. The fourth-order valence-corrected chi connectivity index (χ4v) is 5.29. The Hall–Kier alpha value is -2.46. The van der Waals surface area contributed by atoms with Crippen molar-refractivity contribution in [3.05, 3.63) is 36.4 Å². The number of fused-ring (bicyclic) bond motifs is 1. The Balaban J connectivity index is 1.21. The minimum absolute atomic E-state index is 0.000647. The third-order valence-electron chi connectivity index (χ3n) is 6.37. The van der Waals surface area contributed by atoms with Gasteiger partial charge in [0.15, 0.2) is 11.0 Å². The average Bonchev–Trinajstić information content (AvgIpc) is 3.39. The summed E-state index contributed by atoms with van der Waals surface area (Å²) in [5.74, 6) is 0.617. The van der Waals surface area contributed by atoms with Crippen molar-refractivity contribution in [3.8, 4) is 11.1 Å². The van der Waals surface area contributed by atoms with Gasteiger partial charge >= 0.3 is 0 Å². The molecule has 2 aliphatic carbocycles. The van der Waals surface area contributed by atoms with E-state index in [1.54, 1.807) is 12.4 Å². The first kappa shape index (κ1) is 22.3. The van der Waals surface area contributed by atoms with E-state index in [4.69, 9.17) is 9.47 Å². The number of thiazole rings is 1. The summed E-state index contributed by atoms with van der Waals surface area (Å²) in [5.41, 5.74) is 2.74. The fourth-order valence-electron chi connectivity index (χ4n) is 4.38. The zero-order valence-corrected chi connectivity index (χ0v) is 19.4. The van der Waals surface area contributed by atoms with Crippen LogP contribution >= 0.6 is 11.3 Å². The Bertz CT molecular complexity index is 1110. The lowest BCUT2D eigenvalue weighted by molar-refractivity contribution is -0.128. The van der Waals surface area contributed by atoms with Gasteiger partial charge in [-0.05, 0) is 56.7 Å². The molecule has 0 saturated heterocycles. The molecule has 2 aromatic heterocycles. The van der Waals surface area contributed by atoms with E-state index >= 15 is 0 Å². The van der Waals surface area contributed by atoms with Crippen LogP contribution in [0.5, 0.6) is 0 Å². The third kappa shape index (κ3) is 5.06. The SMILES string of the molecule is CCOC1CC(C(=O)Nc2nc3ccc(-c4cnc(CO[C@H]5CCC[C@@H]5O)nc4)cc3s2)C1. The highest BCUT2D eigenvalue weighted by Crippen LogP contribution is 2.34. The number of anilines is 1. The van der Waals surface area contributed by atoms with Gasteiger partial charge in [0.1, 0.15) is 6.61 Å². The van der Waals surface area contributed by atoms with Crippen molar-refractivity contribution < 1.29 is 19.4 Å². The number of nitrogens with zero attached hydrogens (tertiary/aromatic N) is 3. The minimum Gasteiger partial charge on any atom is -0.390 e. The molecule has 2 atom stereocenters. The van der Waals surface area contributed by atoms with Crippen molar-refractivity contribution in [2.75, 3.05) is 11.9 Å². The minimum atomic E-state index is -0.384. The van der Waals surface area contributed by atoms with Gasteiger partial charge in [-0.3, -0.25) is 4.79 Å². The summed E-state index contributed by atoms with van der Waals surface area (Å²) in [6.07, 6.45) is 7.49. The monoisotopic (exact) mass is 468 g/mol. The predicted octanol–water partition coefficient (Wildman–Crippen LogP) is 3.94. The maximum Gasteiger partial charge on any atom is 0.229 e. The van der Waals surface area contributed by atoms with Crippen LogP contribution in [0.15, 0.2) is 30.6 Å². The van der Waals surface area contributed by atoms with Crippen LogP contribution in [0.1, 0.15) is 44.9 Å². The molecule has 1 aromatic carbocycles. The maximum atomic E-state index is 12.5. The van der Waals surface area contributed by atoms with Gasteiger partial charge in [-0.15, -0.1) is 0 Å². The first-order valence-corrected chi connectivity index (χ1v) is 12.3. The number of aliphatic hydroxyl groups is 1. The van der Waals surface area contributed by atoms with E-state index in [1.165, 1.54) is 11.3 Å². The van der Waals surface area contributed by atoms with Crippen molar-refractivity contribution in [2.45, 2.75) is 63.9 Å². The first-order valence-electron chi connectivity index (χ1n) is 11.5. The summed E-state index contributed by atoms with van der Waals surface area (Å²) in [7, 11) is 0. The molecule has 0 spiro atoms. The van der Waals surface area contributed by atoms with Gasteiger partial charge in [0.2, 0.25) is 5.91 Å². The largest absolute Gasteiger partial charge is 0.390 e. The van der Waals surface area contributed by atoms with Gasteiger partial charge in [-0.25, -0.2) is 15.0 Å². The van der Waals surface area contributed by atoms with Gasteiger partial charge in [0.05, 0.1) is 28.5 Å². The second-order valence-electron chi connectivity index (χ2n) is 8.67. The number of carbonyl (C=O) groups excluding carboxylic acids is 1. The van der Waals surface area contributed by atoms with Crippen LogP contribution in [0.25, 0.3) is 21.3 Å². The topological polar surface area (TPSA) is 106 Å². The molecule has 174 valence electrons. The van der Waals surface area contributed by atoms with Gasteiger partial charge in [-0.2, -0.15) is 0 Å². The number of hydrogen-bond acceptors (Lipinski definition) is 8. The molecule has 0 unspecified atom stereocenters. The summed E-state index contributed by atoms with van der Waals surface area (Å²) in [4.78, 5) is 25.9. The fraction of sp³-hybridized carbons (Fsp3) is 0.500. The van der Waals surface area contributed by atoms with E-state index in [0.29, 0.717) is 24.2 Å². The van der Waals surface area contributed by atoms with Crippen LogP contribution in [-0.2, 0) is 20.9 Å². The molecule has 2 aliphatic rings. The van der Waals surface area contributed by atoms with Gasteiger partial charge in [0, 0.05) is 30.5 Å². The van der Waals surface area contributed by atoms with E-state index in [1.807, 2.05) is 25.1 Å². The Kier molecular flexibility index (Phi) is 6.64. The number of aliphatic hydroxyl groups excluding tert-OH is 1. The highest BCUT2D eigenvalue weighted by molar-refractivity contribution is 7.22. The van der Waals surface area contributed by atoms with Gasteiger partial charge in [0.25, 0.3) is 0 Å². The summed E-state index contributed by atoms with van der Waals surface area (Å²) < 4.78 is 12.3. The molecule has 1 amide bonds. The lowest BCUT2D eigenvalue weighted by atomic mass is 9.81. The zero-order valence-electron chi connectivity index (χ0n) is 18.6. The summed E-state index contributed by atoms with van der Waals surface area (Å²) in [6.45, 7) is 2.96. The number of nitrogens with one attached hydrogen (secondary N) is 1. The van der Waals surface area contributed by atoms with Crippen LogP contribution in [0.4, 0.5) is 5.13 Å². The lowest BCUT2D eigenvalue weighted by Crippen LogP contribution is -2.39. The molecular weight excluding hydrogens is 440 g/mol. The third-order valence-corrected chi connectivity index (χ3v) is 7.30. The van der Waals surface area contributed by atoms with E-state index in [2.05, 4.69) is 20.3 Å². The molecule has 0 aliphatic heterocycles. The number of hydrogen-bond donors (Lipinski definition) is 2. The number of benzene rings is 1. The average molecular weight is 469 g/mol. The number of aromatic nitrogens is 3. The molecule has 2 saturated carbocycles. The summed E-state index contributed by atoms with van der Waals surface area (Å²) in [5, 5.41) is 13.4. The van der Waals surface area contributed by atoms with Crippen LogP contribution in [0.2, 0.25) is 0 Å². The molecule has 5 rings (SSSR count). The predicted molar refractivity (Wildman–Crippen MR) is 126 cm³/mol. The zero-order chi connectivity index (χ0) is 22.8. The molecule has 8 nitrogen and oxygen atoms in total. The molecular formula is C24H28N4O4S. The normalized spacial score (nSPS) is 24.7.